The quantitative estimate of drug-likeness (QED) is 0.837. The first kappa shape index (κ1) is 10.3. The standard InChI is InChI=1S/C9H9ClN4S/c10-8-3-1-7(2-4-8)5-6-14-9(15)11-12-13-14/h1-4H,5-6H2,(H,11,13,15). The van der Waals surface area contributed by atoms with Crippen LogP contribution in [0.2, 0.25) is 5.02 Å². The number of halogens is 1. The molecule has 0 atom stereocenters. The number of aromatic nitrogens is 4. The van der Waals surface area contributed by atoms with Crippen molar-refractivity contribution in [1.29, 1.82) is 0 Å². The molecule has 0 aliphatic carbocycles. The summed E-state index contributed by atoms with van der Waals surface area (Å²) >= 11 is 10.7. The number of rotatable bonds is 3. The molecule has 0 amide bonds. The van der Waals surface area contributed by atoms with Crippen molar-refractivity contribution < 1.29 is 0 Å². The van der Waals surface area contributed by atoms with Crippen LogP contribution in [0.1, 0.15) is 5.56 Å². The fourth-order valence-electron chi connectivity index (χ4n) is 1.25. The van der Waals surface area contributed by atoms with Crippen molar-refractivity contribution in [3.63, 3.8) is 0 Å². The van der Waals surface area contributed by atoms with Gasteiger partial charge in [-0.25, -0.2) is 4.68 Å². The van der Waals surface area contributed by atoms with E-state index in [1.165, 1.54) is 5.56 Å². The SMILES string of the molecule is S=c1nn[nH]n1CCc1ccc(Cl)cc1. The van der Waals surface area contributed by atoms with Crippen LogP contribution >= 0.6 is 23.8 Å². The van der Waals surface area contributed by atoms with Gasteiger partial charge in [-0.15, -0.1) is 0 Å². The van der Waals surface area contributed by atoms with Crippen LogP contribution in [0.5, 0.6) is 0 Å². The van der Waals surface area contributed by atoms with Gasteiger partial charge in [-0.05, 0) is 36.3 Å². The van der Waals surface area contributed by atoms with Gasteiger partial charge in [0.1, 0.15) is 0 Å². The second-order valence-corrected chi connectivity index (χ2v) is 3.91. The molecule has 6 heteroatoms. The van der Waals surface area contributed by atoms with Crippen molar-refractivity contribution in [2.45, 2.75) is 13.0 Å². The lowest BCUT2D eigenvalue weighted by Gasteiger charge is -2.01. The maximum atomic E-state index is 5.79. The molecule has 0 radical (unpaired) electrons. The second kappa shape index (κ2) is 4.55. The predicted octanol–water partition coefficient (Wildman–Crippen LogP) is 2.23. The smallest absolute Gasteiger partial charge is 0.238 e. The van der Waals surface area contributed by atoms with Gasteiger partial charge in [-0.2, -0.15) is 5.21 Å². The van der Waals surface area contributed by atoms with E-state index >= 15 is 0 Å². The number of nitrogens with zero attached hydrogens (tertiary/aromatic N) is 3. The van der Waals surface area contributed by atoms with E-state index in [0.717, 1.165) is 18.0 Å². The van der Waals surface area contributed by atoms with E-state index < -0.39 is 0 Å². The highest BCUT2D eigenvalue weighted by Crippen LogP contribution is 2.10. The van der Waals surface area contributed by atoms with Crippen LogP contribution in [0, 0.1) is 4.77 Å². The number of aromatic amines is 1. The molecule has 0 saturated heterocycles. The van der Waals surface area contributed by atoms with E-state index in [1.54, 1.807) is 4.68 Å². The Morgan fingerprint density at radius 3 is 2.67 bits per heavy atom. The van der Waals surface area contributed by atoms with Crippen molar-refractivity contribution in [2.24, 2.45) is 0 Å². The number of H-pyrrole nitrogens is 1. The number of hydrogen-bond donors (Lipinski definition) is 1. The first-order valence-corrected chi connectivity index (χ1v) is 5.26. The van der Waals surface area contributed by atoms with Crippen molar-refractivity contribution in [3.8, 4) is 0 Å². The summed E-state index contributed by atoms with van der Waals surface area (Å²) in [5.41, 5.74) is 1.20. The maximum Gasteiger partial charge on any atom is 0.238 e. The van der Waals surface area contributed by atoms with Crippen LogP contribution in [0.4, 0.5) is 0 Å². The lowest BCUT2D eigenvalue weighted by Crippen LogP contribution is -2.03. The summed E-state index contributed by atoms with van der Waals surface area (Å²) in [5.74, 6) is 0. The van der Waals surface area contributed by atoms with Gasteiger partial charge in [0.15, 0.2) is 0 Å². The Labute approximate surface area is 96.9 Å². The van der Waals surface area contributed by atoms with Crippen molar-refractivity contribution in [3.05, 3.63) is 39.6 Å². The number of tetrazole rings is 1. The first-order chi connectivity index (χ1) is 7.25. The van der Waals surface area contributed by atoms with Crippen LogP contribution in [-0.2, 0) is 13.0 Å². The van der Waals surface area contributed by atoms with Crippen molar-refractivity contribution in [2.75, 3.05) is 0 Å². The van der Waals surface area contributed by atoms with Gasteiger partial charge in [-0.3, -0.25) is 0 Å². The summed E-state index contributed by atoms with van der Waals surface area (Å²) in [7, 11) is 0. The highest BCUT2D eigenvalue weighted by Gasteiger charge is 1.97. The molecule has 78 valence electrons. The van der Waals surface area contributed by atoms with E-state index in [0.29, 0.717) is 4.77 Å². The molecule has 1 aromatic heterocycles. The normalized spacial score (nSPS) is 10.5. The van der Waals surface area contributed by atoms with E-state index in [1.807, 2.05) is 24.3 Å². The highest BCUT2D eigenvalue weighted by atomic mass is 35.5. The third kappa shape index (κ3) is 2.64. The van der Waals surface area contributed by atoms with E-state index in [4.69, 9.17) is 23.8 Å². The van der Waals surface area contributed by atoms with Gasteiger partial charge in [0.05, 0.1) is 0 Å². The topological polar surface area (TPSA) is 46.5 Å². The molecule has 1 heterocycles. The van der Waals surface area contributed by atoms with Gasteiger partial charge >= 0.3 is 0 Å². The Bertz CT molecular complexity index is 487. The minimum atomic E-state index is 0.476. The Kier molecular flexibility index (Phi) is 3.13. The number of aryl methyl sites for hydroxylation is 2. The van der Waals surface area contributed by atoms with E-state index in [-0.39, 0.29) is 0 Å². The van der Waals surface area contributed by atoms with Gasteiger partial charge in [-0.1, -0.05) is 34.0 Å². The molecule has 0 fully saturated rings. The average molecular weight is 241 g/mol. The fraction of sp³-hybridized carbons (Fsp3) is 0.222. The lowest BCUT2D eigenvalue weighted by molar-refractivity contribution is 0.583. The molecular formula is C9H9ClN4S. The van der Waals surface area contributed by atoms with E-state index in [9.17, 15) is 0 Å². The zero-order valence-corrected chi connectivity index (χ0v) is 9.42. The fourth-order valence-corrected chi connectivity index (χ4v) is 1.55. The molecular weight excluding hydrogens is 232 g/mol. The van der Waals surface area contributed by atoms with Crippen LogP contribution < -0.4 is 0 Å². The van der Waals surface area contributed by atoms with Gasteiger partial charge in [0, 0.05) is 11.6 Å². The van der Waals surface area contributed by atoms with Crippen LogP contribution in [-0.4, -0.2) is 20.2 Å². The monoisotopic (exact) mass is 240 g/mol. The Balaban J connectivity index is 2.02. The van der Waals surface area contributed by atoms with Crippen molar-refractivity contribution in [1.82, 2.24) is 20.2 Å². The van der Waals surface area contributed by atoms with Crippen LogP contribution in [0.15, 0.2) is 24.3 Å². The third-order valence-corrected chi connectivity index (χ3v) is 2.62. The third-order valence-electron chi connectivity index (χ3n) is 2.07. The Morgan fingerprint density at radius 1 is 1.33 bits per heavy atom. The van der Waals surface area contributed by atoms with Gasteiger partial charge in [0.2, 0.25) is 4.77 Å². The number of hydrogen-bond acceptors (Lipinski definition) is 3. The molecule has 2 aromatic rings. The summed E-state index contributed by atoms with van der Waals surface area (Å²) in [5, 5.41) is 10.8. The molecule has 0 aliphatic heterocycles. The van der Waals surface area contributed by atoms with Gasteiger partial charge < -0.3 is 0 Å². The lowest BCUT2D eigenvalue weighted by atomic mass is 10.1. The summed E-state index contributed by atoms with van der Waals surface area (Å²) in [6, 6.07) is 7.74. The molecule has 1 aromatic carbocycles. The molecule has 1 N–H and O–H groups in total. The molecule has 15 heavy (non-hydrogen) atoms. The minimum absolute atomic E-state index is 0.476. The molecule has 0 bridgehead atoms. The first-order valence-electron chi connectivity index (χ1n) is 4.48. The van der Waals surface area contributed by atoms with Crippen LogP contribution in [0.25, 0.3) is 0 Å². The molecule has 0 unspecified atom stereocenters. The number of benzene rings is 1. The molecule has 2 rings (SSSR count). The summed E-state index contributed by atoms with van der Waals surface area (Å²) in [6.45, 7) is 0.744. The Morgan fingerprint density at radius 2 is 2.07 bits per heavy atom. The Hall–Kier alpha value is -1.20. The van der Waals surface area contributed by atoms with Gasteiger partial charge in [0.25, 0.3) is 0 Å². The molecule has 4 nitrogen and oxygen atoms in total. The minimum Gasteiger partial charge on any atom is -0.242 e. The zero-order chi connectivity index (χ0) is 10.7. The van der Waals surface area contributed by atoms with E-state index in [2.05, 4.69) is 15.5 Å². The zero-order valence-electron chi connectivity index (χ0n) is 7.85. The van der Waals surface area contributed by atoms with Crippen molar-refractivity contribution >= 4 is 23.8 Å². The maximum absolute atomic E-state index is 5.79. The second-order valence-electron chi connectivity index (χ2n) is 3.11. The average Bonchev–Trinajstić information content (AvgIpc) is 2.63. The summed E-state index contributed by atoms with van der Waals surface area (Å²) in [4.78, 5) is 0. The molecule has 0 aliphatic rings. The summed E-state index contributed by atoms with van der Waals surface area (Å²) < 4.78 is 2.20. The van der Waals surface area contributed by atoms with Crippen LogP contribution in [0.3, 0.4) is 0 Å². The molecule has 0 spiro atoms. The largest absolute Gasteiger partial charge is 0.242 e. The predicted molar refractivity (Wildman–Crippen MR) is 60.4 cm³/mol. The summed E-state index contributed by atoms with van der Waals surface area (Å²) in [6.07, 6.45) is 0.870. The highest BCUT2D eigenvalue weighted by molar-refractivity contribution is 7.71. The molecule has 0 saturated carbocycles. The number of nitrogens with one attached hydrogen (secondary N) is 1.